The molecule has 3 N–H and O–H groups in total. The minimum absolute atomic E-state index is 0.0741. The van der Waals surface area contributed by atoms with Crippen molar-refractivity contribution in [3.63, 3.8) is 0 Å². The average molecular weight is 173 g/mol. The zero-order valence-electron chi connectivity index (χ0n) is 7.41. The van der Waals surface area contributed by atoms with Gasteiger partial charge in [-0.05, 0) is 5.41 Å². The molecule has 70 valence electrons. The summed E-state index contributed by atoms with van der Waals surface area (Å²) in [5.74, 6) is -1.02. The largest absolute Gasteiger partial charge is 0.480 e. The molecule has 1 saturated heterocycles. The topological polar surface area (TPSA) is 72.5 Å². The summed E-state index contributed by atoms with van der Waals surface area (Å²) in [6.07, 6.45) is 0. The Morgan fingerprint density at radius 3 is 2.67 bits per heavy atom. The van der Waals surface area contributed by atoms with Crippen LogP contribution in [0.1, 0.15) is 13.8 Å². The highest BCUT2D eigenvalue weighted by Crippen LogP contribution is 2.34. The molecular formula is C8H15NO3. The van der Waals surface area contributed by atoms with Gasteiger partial charge in [0.1, 0.15) is 6.04 Å². The van der Waals surface area contributed by atoms with Crippen LogP contribution in [0.25, 0.3) is 0 Å². The lowest BCUT2D eigenvalue weighted by molar-refractivity contribution is -0.140. The monoisotopic (exact) mass is 173 g/mol. The number of ether oxygens (including phenoxy) is 1. The van der Waals surface area contributed by atoms with Crippen LogP contribution < -0.4 is 5.73 Å². The van der Waals surface area contributed by atoms with Crippen molar-refractivity contribution >= 4 is 5.97 Å². The minimum atomic E-state index is -0.946. The number of carboxylic acids is 1. The molecule has 1 rings (SSSR count). The molecule has 2 atom stereocenters. The maximum absolute atomic E-state index is 10.6. The van der Waals surface area contributed by atoms with E-state index in [1.54, 1.807) is 0 Å². The first kappa shape index (κ1) is 9.48. The number of hydrogen-bond acceptors (Lipinski definition) is 3. The molecule has 0 aromatic rings. The molecule has 0 bridgehead atoms. The number of aliphatic carboxylic acids is 1. The Kier molecular flexibility index (Phi) is 2.39. The van der Waals surface area contributed by atoms with Gasteiger partial charge in [0.2, 0.25) is 0 Å². The van der Waals surface area contributed by atoms with Crippen LogP contribution in [-0.2, 0) is 9.53 Å². The van der Waals surface area contributed by atoms with Crippen LogP contribution in [-0.4, -0.2) is 30.3 Å². The van der Waals surface area contributed by atoms with Crippen molar-refractivity contribution in [1.29, 1.82) is 0 Å². The van der Waals surface area contributed by atoms with Gasteiger partial charge >= 0.3 is 5.97 Å². The molecule has 0 aromatic carbocycles. The third-order valence-electron chi connectivity index (χ3n) is 2.49. The quantitative estimate of drug-likeness (QED) is 0.620. The van der Waals surface area contributed by atoms with E-state index in [4.69, 9.17) is 15.6 Å². The highest BCUT2D eigenvalue weighted by molar-refractivity contribution is 5.73. The first-order valence-corrected chi connectivity index (χ1v) is 4.01. The van der Waals surface area contributed by atoms with Gasteiger partial charge in [-0.15, -0.1) is 0 Å². The molecule has 0 radical (unpaired) electrons. The van der Waals surface area contributed by atoms with Crippen LogP contribution in [0.15, 0.2) is 0 Å². The first-order valence-electron chi connectivity index (χ1n) is 4.01. The Morgan fingerprint density at radius 2 is 2.33 bits per heavy atom. The molecule has 0 aromatic heterocycles. The van der Waals surface area contributed by atoms with Crippen molar-refractivity contribution in [2.75, 3.05) is 13.2 Å². The third kappa shape index (κ3) is 1.59. The molecule has 0 amide bonds. The molecule has 4 nitrogen and oxygen atoms in total. The summed E-state index contributed by atoms with van der Waals surface area (Å²) in [5, 5.41) is 8.69. The van der Waals surface area contributed by atoms with Crippen molar-refractivity contribution in [3.05, 3.63) is 0 Å². The third-order valence-corrected chi connectivity index (χ3v) is 2.49. The van der Waals surface area contributed by atoms with Crippen LogP contribution in [0.3, 0.4) is 0 Å². The van der Waals surface area contributed by atoms with Gasteiger partial charge in [-0.1, -0.05) is 13.8 Å². The number of rotatable bonds is 2. The van der Waals surface area contributed by atoms with Crippen molar-refractivity contribution in [2.24, 2.45) is 17.1 Å². The predicted molar refractivity (Wildman–Crippen MR) is 43.7 cm³/mol. The predicted octanol–water partition coefficient (Wildman–Crippen LogP) is 0.0709. The average Bonchev–Trinajstić information content (AvgIpc) is 2.27. The molecule has 4 heteroatoms. The zero-order chi connectivity index (χ0) is 9.35. The summed E-state index contributed by atoms with van der Waals surface area (Å²) in [5.41, 5.74) is 5.40. The highest BCUT2D eigenvalue weighted by atomic mass is 16.5. The molecule has 1 aliphatic rings. The van der Waals surface area contributed by atoms with E-state index in [9.17, 15) is 4.79 Å². The van der Waals surface area contributed by atoms with Crippen LogP contribution >= 0.6 is 0 Å². The molecule has 0 saturated carbocycles. The lowest BCUT2D eigenvalue weighted by Crippen LogP contribution is -2.44. The van der Waals surface area contributed by atoms with E-state index in [2.05, 4.69) is 0 Å². The number of nitrogens with two attached hydrogens (primary N) is 1. The Hall–Kier alpha value is -0.610. The number of carbonyl (C=O) groups is 1. The molecule has 0 spiro atoms. The first-order chi connectivity index (χ1) is 5.45. The van der Waals surface area contributed by atoms with E-state index in [0.717, 1.165) is 0 Å². The van der Waals surface area contributed by atoms with Crippen LogP contribution in [0.5, 0.6) is 0 Å². The van der Waals surface area contributed by atoms with Crippen LogP contribution in [0.2, 0.25) is 0 Å². The van der Waals surface area contributed by atoms with Crippen molar-refractivity contribution in [3.8, 4) is 0 Å². The fourth-order valence-electron chi connectivity index (χ4n) is 1.54. The van der Waals surface area contributed by atoms with Gasteiger partial charge in [-0.25, -0.2) is 0 Å². The Labute approximate surface area is 71.7 Å². The van der Waals surface area contributed by atoms with E-state index < -0.39 is 12.0 Å². The molecule has 2 unspecified atom stereocenters. The highest BCUT2D eigenvalue weighted by Gasteiger charge is 2.41. The van der Waals surface area contributed by atoms with Gasteiger partial charge < -0.3 is 15.6 Å². The zero-order valence-corrected chi connectivity index (χ0v) is 7.41. The second kappa shape index (κ2) is 3.03. The van der Waals surface area contributed by atoms with E-state index in [1.165, 1.54) is 0 Å². The van der Waals surface area contributed by atoms with E-state index in [1.807, 2.05) is 13.8 Å². The number of hydrogen-bond donors (Lipinski definition) is 2. The molecule has 12 heavy (non-hydrogen) atoms. The van der Waals surface area contributed by atoms with Crippen molar-refractivity contribution in [1.82, 2.24) is 0 Å². The second-order valence-electron chi connectivity index (χ2n) is 3.97. The van der Waals surface area contributed by atoms with Gasteiger partial charge in [0.05, 0.1) is 13.2 Å². The fourth-order valence-corrected chi connectivity index (χ4v) is 1.54. The van der Waals surface area contributed by atoms with Crippen LogP contribution in [0, 0.1) is 11.3 Å². The molecular weight excluding hydrogens is 158 g/mol. The van der Waals surface area contributed by atoms with Gasteiger partial charge in [0.25, 0.3) is 0 Å². The molecule has 1 fully saturated rings. The Morgan fingerprint density at radius 1 is 1.75 bits per heavy atom. The van der Waals surface area contributed by atoms with Gasteiger partial charge in [0, 0.05) is 5.92 Å². The van der Waals surface area contributed by atoms with Crippen molar-refractivity contribution in [2.45, 2.75) is 19.9 Å². The number of carboxylic acid groups (broad SMARTS) is 1. The standard InChI is InChI=1S/C8H15NO3/c1-8(2)4-12-3-5(8)6(9)7(10)11/h5-6H,3-4,9H2,1-2H3,(H,10,11). The normalized spacial score (nSPS) is 30.1. The second-order valence-corrected chi connectivity index (χ2v) is 3.97. The lowest BCUT2D eigenvalue weighted by atomic mass is 9.78. The van der Waals surface area contributed by atoms with E-state index >= 15 is 0 Å². The van der Waals surface area contributed by atoms with Gasteiger partial charge in [0.15, 0.2) is 0 Å². The van der Waals surface area contributed by atoms with Crippen molar-refractivity contribution < 1.29 is 14.6 Å². The lowest BCUT2D eigenvalue weighted by Gasteiger charge is -2.27. The Bertz CT molecular complexity index is 191. The summed E-state index contributed by atoms with van der Waals surface area (Å²) in [6.45, 7) is 5.01. The van der Waals surface area contributed by atoms with Crippen LogP contribution in [0.4, 0.5) is 0 Å². The van der Waals surface area contributed by atoms with Gasteiger partial charge in [-0.2, -0.15) is 0 Å². The maximum Gasteiger partial charge on any atom is 0.320 e. The van der Waals surface area contributed by atoms with E-state index in [0.29, 0.717) is 13.2 Å². The van der Waals surface area contributed by atoms with Gasteiger partial charge in [-0.3, -0.25) is 4.79 Å². The summed E-state index contributed by atoms with van der Waals surface area (Å²) in [6, 6.07) is -0.803. The summed E-state index contributed by atoms with van der Waals surface area (Å²) in [7, 11) is 0. The molecule has 1 heterocycles. The molecule has 1 aliphatic heterocycles. The smallest absolute Gasteiger partial charge is 0.320 e. The summed E-state index contributed by atoms with van der Waals surface area (Å²) >= 11 is 0. The van der Waals surface area contributed by atoms with E-state index in [-0.39, 0.29) is 11.3 Å². The SMILES string of the molecule is CC1(C)COCC1C(N)C(=O)O. The maximum atomic E-state index is 10.6. The minimum Gasteiger partial charge on any atom is -0.480 e. The fraction of sp³-hybridized carbons (Fsp3) is 0.875. The molecule has 0 aliphatic carbocycles. The summed E-state index contributed by atoms with van der Waals surface area (Å²) < 4.78 is 5.20. The summed E-state index contributed by atoms with van der Waals surface area (Å²) in [4.78, 5) is 10.6. The Balaban J connectivity index is 2.68.